The lowest BCUT2D eigenvalue weighted by Crippen LogP contribution is -2.32. The Kier molecular flexibility index (Phi) is 5.19. The van der Waals surface area contributed by atoms with E-state index >= 15 is 0 Å². The van der Waals surface area contributed by atoms with Crippen LogP contribution in [0.3, 0.4) is 0 Å². The van der Waals surface area contributed by atoms with Crippen LogP contribution in [-0.4, -0.2) is 18.0 Å². The third kappa shape index (κ3) is 4.74. The number of benzene rings is 2. The molecule has 2 aromatic carbocycles. The van der Waals surface area contributed by atoms with E-state index in [0.717, 1.165) is 16.7 Å². The smallest absolute Gasteiger partial charge is 0.318 e. The normalized spacial score (nSPS) is 10.6. The van der Waals surface area contributed by atoms with Crippen LogP contribution in [0.2, 0.25) is 0 Å². The molecule has 0 saturated heterocycles. The second kappa shape index (κ2) is 7.31. The minimum Gasteiger partial charge on any atom is -0.318 e. The first kappa shape index (κ1) is 16.4. The molecule has 0 spiro atoms. The monoisotopic (exact) mass is 313 g/mol. The Hall–Kier alpha value is -3.02. The molecule has 2 rings (SSSR count). The van der Waals surface area contributed by atoms with Crippen LogP contribution in [0, 0.1) is 19.7 Å². The standard InChI is InChI=1S/C17H16FN3O2/c1-11-3-4-13(12(2)9-11)10-19-21-17(23)16(22)20-15-7-5-14(18)6-8-15/h3-10H,1-2H3,(H,20,22)(H,21,23). The third-order valence-corrected chi connectivity index (χ3v) is 3.10. The van der Waals surface area contributed by atoms with Gasteiger partial charge in [-0.1, -0.05) is 23.8 Å². The van der Waals surface area contributed by atoms with E-state index in [2.05, 4.69) is 15.8 Å². The largest absolute Gasteiger partial charge is 0.329 e. The van der Waals surface area contributed by atoms with E-state index in [1.807, 2.05) is 32.0 Å². The van der Waals surface area contributed by atoms with Crippen molar-refractivity contribution in [2.75, 3.05) is 5.32 Å². The molecule has 2 amide bonds. The predicted molar refractivity (Wildman–Crippen MR) is 86.7 cm³/mol. The van der Waals surface area contributed by atoms with Gasteiger partial charge in [-0.2, -0.15) is 5.10 Å². The van der Waals surface area contributed by atoms with Gasteiger partial charge in [-0.25, -0.2) is 9.82 Å². The molecule has 2 N–H and O–H groups in total. The minimum atomic E-state index is -0.907. The number of nitrogens with one attached hydrogen (secondary N) is 2. The summed E-state index contributed by atoms with van der Waals surface area (Å²) in [6.07, 6.45) is 1.47. The average molecular weight is 313 g/mol. The van der Waals surface area contributed by atoms with Gasteiger partial charge in [0, 0.05) is 5.69 Å². The van der Waals surface area contributed by atoms with E-state index in [1.165, 1.54) is 30.5 Å². The van der Waals surface area contributed by atoms with Crippen LogP contribution in [0.4, 0.5) is 10.1 Å². The summed E-state index contributed by atoms with van der Waals surface area (Å²) in [5, 5.41) is 6.11. The first-order valence-electron chi connectivity index (χ1n) is 6.93. The number of rotatable bonds is 3. The van der Waals surface area contributed by atoms with Gasteiger partial charge in [0.2, 0.25) is 0 Å². The fraction of sp³-hybridized carbons (Fsp3) is 0.118. The summed E-state index contributed by atoms with van der Waals surface area (Å²) in [5.41, 5.74) is 5.46. The van der Waals surface area contributed by atoms with Crippen LogP contribution in [-0.2, 0) is 9.59 Å². The van der Waals surface area contributed by atoms with E-state index in [0.29, 0.717) is 5.69 Å². The number of halogens is 1. The van der Waals surface area contributed by atoms with E-state index in [4.69, 9.17) is 0 Å². The molecule has 0 aliphatic heterocycles. The number of aryl methyl sites for hydroxylation is 2. The van der Waals surface area contributed by atoms with Crippen LogP contribution < -0.4 is 10.7 Å². The molecular formula is C17H16FN3O2. The minimum absolute atomic E-state index is 0.324. The molecule has 0 aliphatic rings. The number of hydrazone groups is 1. The Morgan fingerprint density at radius 3 is 2.39 bits per heavy atom. The molecule has 2 aromatic rings. The van der Waals surface area contributed by atoms with Crippen molar-refractivity contribution in [1.82, 2.24) is 5.43 Å². The zero-order chi connectivity index (χ0) is 16.8. The van der Waals surface area contributed by atoms with Gasteiger partial charge >= 0.3 is 11.8 Å². The van der Waals surface area contributed by atoms with Gasteiger partial charge in [-0.15, -0.1) is 0 Å². The highest BCUT2D eigenvalue weighted by Crippen LogP contribution is 2.08. The average Bonchev–Trinajstić information content (AvgIpc) is 2.51. The Balaban J connectivity index is 1.92. The van der Waals surface area contributed by atoms with E-state index in [1.54, 1.807) is 0 Å². The maximum atomic E-state index is 12.8. The molecule has 0 aromatic heterocycles. The molecule has 0 fully saturated rings. The quantitative estimate of drug-likeness (QED) is 0.519. The van der Waals surface area contributed by atoms with Crippen molar-refractivity contribution < 1.29 is 14.0 Å². The van der Waals surface area contributed by atoms with Crippen LogP contribution in [0.25, 0.3) is 0 Å². The van der Waals surface area contributed by atoms with Gasteiger partial charge in [0.25, 0.3) is 0 Å². The lowest BCUT2D eigenvalue weighted by molar-refractivity contribution is -0.136. The van der Waals surface area contributed by atoms with Crippen LogP contribution in [0.15, 0.2) is 47.6 Å². The van der Waals surface area contributed by atoms with E-state index < -0.39 is 17.6 Å². The molecule has 0 unspecified atom stereocenters. The van der Waals surface area contributed by atoms with Gasteiger partial charge in [-0.05, 0) is 49.2 Å². The summed E-state index contributed by atoms with van der Waals surface area (Å²) >= 11 is 0. The molecule has 0 atom stereocenters. The Morgan fingerprint density at radius 1 is 1.04 bits per heavy atom. The molecule has 23 heavy (non-hydrogen) atoms. The number of amides is 2. The number of hydrogen-bond acceptors (Lipinski definition) is 3. The predicted octanol–water partition coefficient (Wildman–Crippen LogP) is 2.53. The highest BCUT2D eigenvalue weighted by atomic mass is 19.1. The Bertz CT molecular complexity index is 755. The number of nitrogens with zero attached hydrogens (tertiary/aromatic N) is 1. The Morgan fingerprint density at radius 2 is 1.74 bits per heavy atom. The van der Waals surface area contributed by atoms with Crippen molar-refractivity contribution in [1.29, 1.82) is 0 Å². The van der Waals surface area contributed by atoms with Gasteiger partial charge < -0.3 is 5.32 Å². The maximum Gasteiger partial charge on any atom is 0.329 e. The lowest BCUT2D eigenvalue weighted by atomic mass is 10.1. The molecule has 0 radical (unpaired) electrons. The molecule has 0 aliphatic carbocycles. The number of hydrogen-bond donors (Lipinski definition) is 2. The summed E-state index contributed by atoms with van der Waals surface area (Å²) in [4.78, 5) is 23.3. The molecule has 0 saturated carbocycles. The molecule has 0 heterocycles. The molecule has 0 bridgehead atoms. The number of carbonyl (C=O) groups is 2. The fourth-order valence-electron chi connectivity index (χ4n) is 1.90. The fourth-order valence-corrected chi connectivity index (χ4v) is 1.90. The maximum absolute atomic E-state index is 12.8. The number of carbonyl (C=O) groups excluding carboxylic acids is 2. The summed E-state index contributed by atoms with van der Waals surface area (Å²) in [6.45, 7) is 3.91. The summed E-state index contributed by atoms with van der Waals surface area (Å²) in [7, 11) is 0. The van der Waals surface area contributed by atoms with Crippen LogP contribution in [0.5, 0.6) is 0 Å². The highest BCUT2D eigenvalue weighted by Gasteiger charge is 2.12. The van der Waals surface area contributed by atoms with Crippen molar-refractivity contribution in [3.63, 3.8) is 0 Å². The third-order valence-electron chi connectivity index (χ3n) is 3.10. The Labute approximate surface area is 133 Å². The van der Waals surface area contributed by atoms with Gasteiger partial charge in [0.05, 0.1) is 6.21 Å². The van der Waals surface area contributed by atoms with Crippen molar-refractivity contribution in [3.05, 3.63) is 65.0 Å². The molecule has 118 valence electrons. The number of anilines is 1. The SMILES string of the molecule is Cc1ccc(C=NNC(=O)C(=O)Nc2ccc(F)cc2)c(C)c1. The zero-order valence-electron chi connectivity index (χ0n) is 12.8. The van der Waals surface area contributed by atoms with E-state index in [9.17, 15) is 14.0 Å². The van der Waals surface area contributed by atoms with Crippen molar-refractivity contribution in [3.8, 4) is 0 Å². The van der Waals surface area contributed by atoms with Crippen molar-refractivity contribution in [2.45, 2.75) is 13.8 Å². The van der Waals surface area contributed by atoms with E-state index in [-0.39, 0.29) is 0 Å². The van der Waals surface area contributed by atoms with Crippen molar-refractivity contribution >= 4 is 23.7 Å². The summed E-state index contributed by atoms with van der Waals surface area (Å²) < 4.78 is 12.8. The molecule has 5 nitrogen and oxygen atoms in total. The summed E-state index contributed by atoms with van der Waals surface area (Å²) in [6, 6.07) is 10.9. The second-order valence-electron chi connectivity index (χ2n) is 5.02. The van der Waals surface area contributed by atoms with Crippen LogP contribution >= 0.6 is 0 Å². The summed E-state index contributed by atoms with van der Waals surface area (Å²) in [5.74, 6) is -2.21. The van der Waals surface area contributed by atoms with Gasteiger partial charge in [0.1, 0.15) is 5.82 Å². The first-order valence-corrected chi connectivity index (χ1v) is 6.93. The van der Waals surface area contributed by atoms with Crippen LogP contribution in [0.1, 0.15) is 16.7 Å². The van der Waals surface area contributed by atoms with Crippen molar-refractivity contribution in [2.24, 2.45) is 5.10 Å². The first-order chi connectivity index (χ1) is 11.0. The topological polar surface area (TPSA) is 70.6 Å². The highest BCUT2D eigenvalue weighted by molar-refractivity contribution is 6.39. The molecule has 6 heteroatoms. The zero-order valence-corrected chi connectivity index (χ0v) is 12.8. The lowest BCUT2D eigenvalue weighted by Gasteiger charge is -2.04. The second-order valence-corrected chi connectivity index (χ2v) is 5.02. The van der Waals surface area contributed by atoms with Gasteiger partial charge in [0.15, 0.2) is 0 Å². The van der Waals surface area contributed by atoms with Gasteiger partial charge in [-0.3, -0.25) is 9.59 Å². The molecular weight excluding hydrogens is 297 g/mol.